The van der Waals surface area contributed by atoms with E-state index in [1.807, 2.05) is 6.07 Å². The summed E-state index contributed by atoms with van der Waals surface area (Å²) in [5.41, 5.74) is 0.563. The fourth-order valence-electron chi connectivity index (χ4n) is 2.75. The lowest BCUT2D eigenvalue weighted by Gasteiger charge is -2.21. The Kier molecular flexibility index (Phi) is 5.48. The highest BCUT2D eigenvalue weighted by Gasteiger charge is 2.20. The predicted octanol–water partition coefficient (Wildman–Crippen LogP) is 1.74. The van der Waals surface area contributed by atoms with Crippen LogP contribution in [0.4, 0.5) is 5.69 Å². The van der Waals surface area contributed by atoms with Gasteiger partial charge in [-0.1, -0.05) is 6.07 Å². The van der Waals surface area contributed by atoms with Gasteiger partial charge in [0.15, 0.2) is 18.1 Å². The zero-order valence-corrected chi connectivity index (χ0v) is 15.3. The van der Waals surface area contributed by atoms with E-state index < -0.39 is 23.4 Å². The van der Waals surface area contributed by atoms with E-state index in [-0.39, 0.29) is 17.4 Å². The molecule has 0 saturated carbocycles. The summed E-state index contributed by atoms with van der Waals surface area (Å²) in [6.45, 7) is 2.23. The monoisotopic (exact) mass is 389 g/mol. The molecule has 1 aliphatic rings. The summed E-state index contributed by atoms with van der Waals surface area (Å²) in [5, 5.41) is 13.5. The number of nitrogens with zero attached hydrogens (tertiary/aromatic N) is 2. The molecule has 2 aromatic rings. The Balaban J connectivity index is 1.55. The molecule has 0 saturated heterocycles. The molecule has 10 nitrogen and oxygen atoms in total. The number of hydrogen-bond acceptors (Lipinski definition) is 7. The van der Waals surface area contributed by atoms with Crippen molar-refractivity contribution in [1.82, 2.24) is 9.88 Å². The van der Waals surface area contributed by atoms with E-state index in [9.17, 15) is 19.7 Å². The van der Waals surface area contributed by atoms with Crippen LogP contribution in [-0.4, -0.2) is 41.2 Å². The first-order chi connectivity index (χ1) is 13.3. The summed E-state index contributed by atoms with van der Waals surface area (Å²) in [6.07, 6.45) is 1.20. The molecule has 0 aliphatic carbocycles. The van der Waals surface area contributed by atoms with Crippen LogP contribution in [0.25, 0.3) is 0 Å². The Labute approximate surface area is 160 Å². The Morgan fingerprint density at radius 2 is 2.00 bits per heavy atom. The lowest BCUT2D eigenvalue weighted by atomic mass is 10.1. The fourth-order valence-corrected chi connectivity index (χ4v) is 2.75. The van der Waals surface area contributed by atoms with Crippen molar-refractivity contribution in [3.05, 3.63) is 51.8 Å². The van der Waals surface area contributed by atoms with Gasteiger partial charge in [-0.05, 0) is 24.6 Å². The lowest BCUT2D eigenvalue weighted by molar-refractivity contribution is -0.384. The number of esters is 1. The van der Waals surface area contributed by atoms with Gasteiger partial charge in [0, 0.05) is 13.1 Å². The van der Waals surface area contributed by atoms with Gasteiger partial charge < -0.3 is 24.1 Å². The van der Waals surface area contributed by atoms with Crippen LogP contribution in [0.2, 0.25) is 0 Å². The van der Waals surface area contributed by atoms with E-state index in [2.05, 4.69) is 5.32 Å². The van der Waals surface area contributed by atoms with Crippen molar-refractivity contribution >= 4 is 17.6 Å². The number of amides is 1. The molecule has 0 radical (unpaired) electrons. The zero-order chi connectivity index (χ0) is 20.3. The molecule has 1 atom stereocenters. The minimum Gasteiger partial charge on any atom is -0.486 e. The van der Waals surface area contributed by atoms with Crippen LogP contribution in [0.3, 0.4) is 0 Å². The van der Waals surface area contributed by atoms with E-state index in [1.165, 1.54) is 17.8 Å². The summed E-state index contributed by atoms with van der Waals surface area (Å²) in [6, 6.07) is 6.12. The highest BCUT2D eigenvalue weighted by molar-refractivity contribution is 5.90. The van der Waals surface area contributed by atoms with E-state index in [1.54, 1.807) is 19.1 Å². The van der Waals surface area contributed by atoms with Gasteiger partial charge >= 0.3 is 5.97 Å². The number of nitro groups is 1. The molecule has 0 fully saturated rings. The van der Waals surface area contributed by atoms with Crippen LogP contribution in [0.1, 0.15) is 29.0 Å². The number of carbonyl (C=O) groups excluding carboxylic acids is 2. The molecular formula is C18H19N3O7. The summed E-state index contributed by atoms with van der Waals surface area (Å²) < 4.78 is 17.2. The fraction of sp³-hybridized carbons (Fsp3) is 0.333. The minimum absolute atomic E-state index is 0.0145. The highest BCUT2D eigenvalue weighted by Crippen LogP contribution is 2.32. The van der Waals surface area contributed by atoms with Crippen molar-refractivity contribution in [3.8, 4) is 11.5 Å². The lowest BCUT2D eigenvalue weighted by Crippen LogP contribution is -2.31. The highest BCUT2D eigenvalue weighted by atomic mass is 16.6. The molecule has 2 heterocycles. The number of ether oxygens (including phenoxy) is 3. The number of nitrogens with one attached hydrogen (secondary N) is 1. The summed E-state index contributed by atoms with van der Waals surface area (Å²) >= 11 is 0. The Morgan fingerprint density at radius 1 is 1.29 bits per heavy atom. The van der Waals surface area contributed by atoms with E-state index >= 15 is 0 Å². The molecule has 148 valence electrons. The number of benzene rings is 1. The number of fused-ring (bicyclic) bond motifs is 1. The molecule has 3 rings (SSSR count). The molecule has 10 heteroatoms. The largest absolute Gasteiger partial charge is 0.486 e. The predicted molar refractivity (Wildman–Crippen MR) is 96.3 cm³/mol. The van der Waals surface area contributed by atoms with E-state index in [4.69, 9.17) is 14.2 Å². The third-order valence-corrected chi connectivity index (χ3v) is 4.19. The third-order valence-electron chi connectivity index (χ3n) is 4.19. The van der Waals surface area contributed by atoms with Gasteiger partial charge in [0.25, 0.3) is 11.6 Å². The average Bonchev–Trinajstić information content (AvgIpc) is 3.08. The van der Waals surface area contributed by atoms with Gasteiger partial charge in [-0.3, -0.25) is 14.9 Å². The molecule has 1 aromatic heterocycles. The van der Waals surface area contributed by atoms with Crippen LogP contribution in [0, 0.1) is 10.1 Å². The maximum absolute atomic E-state index is 12.1. The van der Waals surface area contributed by atoms with Crippen LogP contribution in [0.15, 0.2) is 30.5 Å². The first kappa shape index (κ1) is 19.2. The molecule has 0 bridgehead atoms. The van der Waals surface area contributed by atoms with E-state index in [0.29, 0.717) is 24.7 Å². The average molecular weight is 389 g/mol. The Hall–Kier alpha value is -3.56. The SMILES string of the molecule is CC(NC(=O)COC(=O)c1cc([N+](=O)[O-])cn1C)c1ccc2c(c1)OCCO2. The van der Waals surface area contributed by atoms with Crippen LogP contribution < -0.4 is 14.8 Å². The van der Waals surface area contributed by atoms with Crippen LogP contribution in [0.5, 0.6) is 11.5 Å². The minimum atomic E-state index is -0.822. The first-order valence-corrected chi connectivity index (χ1v) is 8.52. The van der Waals surface area contributed by atoms with Crippen molar-refractivity contribution in [1.29, 1.82) is 0 Å². The summed E-state index contributed by atoms with van der Waals surface area (Å²) in [5.74, 6) is -0.0575. The number of aryl methyl sites for hydroxylation is 1. The first-order valence-electron chi connectivity index (χ1n) is 8.52. The van der Waals surface area contributed by atoms with Crippen molar-refractivity contribution in [2.75, 3.05) is 19.8 Å². The second-order valence-corrected chi connectivity index (χ2v) is 6.22. The zero-order valence-electron chi connectivity index (χ0n) is 15.3. The maximum Gasteiger partial charge on any atom is 0.355 e. The number of aromatic nitrogens is 1. The number of hydrogen-bond donors (Lipinski definition) is 1. The molecular weight excluding hydrogens is 370 g/mol. The number of rotatable bonds is 6. The van der Waals surface area contributed by atoms with Crippen molar-refractivity contribution in [2.45, 2.75) is 13.0 Å². The molecule has 1 unspecified atom stereocenters. The molecule has 1 amide bonds. The van der Waals surface area contributed by atoms with Gasteiger partial charge in [-0.25, -0.2) is 4.79 Å². The second kappa shape index (κ2) is 7.99. The molecule has 1 aromatic carbocycles. The Morgan fingerprint density at radius 3 is 2.68 bits per heavy atom. The molecule has 28 heavy (non-hydrogen) atoms. The van der Waals surface area contributed by atoms with Gasteiger partial charge in [0.1, 0.15) is 18.9 Å². The van der Waals surface area contributed by atoms with Crippen molar-refractivity contribution < 1.29 is 28.7 Å². The van der Waals surface area contributed by atoms with Crippen LogP contribution >= 0.6 is 0 Å². The second-order valence-electron chi connectivity index (χ2n) is 6.22. The standard InChI is InChI=1S/C18H19N3O7/c1-11(12-3-4-15-16(7-12)27-6-5-26-15)19-17(22)10-28-18(23)14-8-13(21(24)25)9-20(14)2/h3-4,7-9,11H,5-6,10H2,1-2H3,(H,19,22). The molecule has 0 spiro atoms. The maximum atomic E-state index is 12.1. The van der Waals surface area contributed by atoms with Crippen molar-refractivity contribution in [2.24, 2.45) is 7.05 Å². The Bertz CT molecular complexity index is 922. The van der Waals surface area contributed by atoms with Crippen LogP contribution in [-0.2, 0) is 16.6 Å². The van der Waals surface area contributed by atoms with Gasteiger partial charge in [0.05, 0.1) is 17.2 Å². The molecule has 1 aliphatic heterocycles. The quantitative estimate of drug-likeness (QED) is 0.454. The topological polar surface area (TPSA) is 122 Å². The van der Waals surface area contributed by atoms with Gasteiger partial charge in [-0.15, -0.1) is 0 Å². The van der Waals surface area contributed by atoms with E-state index in [0.717, 1.165) is 11.6 Å². The summed E-state index contributed by atoms with van der Waals surface area (Å²) in [4.78, 5) is 34.3. The smallest absolute Gasteiger partial charge is 0.355 e. The number of carbonyl (C=O) groups is 2. The normalized spacial score (nSPS) is 13.5. The van der Waals surface area contributed by atoms with Crippen molar-refractivity contribution in [3.63, 3.8) is 0 Å². The summed E-state index contributed by atoms with van der Waals surface area (Å²) in [7, 11) is 1.48. The van der Waals surface area contributed by atoms with Gasteiger partial charge in [0.2, 0.25) is 0 Å². The molecule has 1 N–H and O–H groups in total. The third kappa shape index (κ3) is 4.22. The van der Waals surface area contributed by atoms with Gasteiger partial charge in [-0.2, -0.15) is 0 Å².